The number of nitrogens with zero attached hydrogens (tertiary/aromatic N) is 1. The Morgan fingerprint density at radius 2 is 2.19 bits per heavy atom. The number of hydrogen-bond donors (Lipinski definition) is 1. The van der Waals surface area contributed by atoms with Crippen molar-refractivity contribution in [3.05, 3.63) is 45.7 Å². The molecule has 0 bridgehead atoms. The van der Waals surface area contributed by atoms with Crippen LogP contribution in [0, 0.1) is 19.7 Å². The lowest BCUT2D eigenvalue weighted by Crippen LogP contribution is -2.03. The van der Waals surface area contributed by atoms with Crippen molar-refractivity contribution in [1.82, 2.24) is 4.98 Å². The van der Waals surface area contributed by atoms with Gasteiger partial charge in [0.1, 0.15) is 5.82 Å². The third kappa shape index (κ3) is 2.39. The Bertz CT molecular complexity index is 473. The van der Waals surface area contributed by atoms with Gasteiger partial charge in [0.05, 0.1) is 22.9 Å². The number of para-hydroxylation sites is 1. The van der Waals surface area contributed by atoms with E-state index in [4.69, 9.17) is 0 Å². The SMILES string of the molecule is Cc1nc(CNc2c(C)cccc2F)cs1. The largest absolute Gasteiger partial charge is 0.377 e. The van der Waals surface area contributed by atoms with Crippen LogP contribution in [-0.2, 0) is 6.54 Å². The molecule has 0 aliphatic rings. The summed E-state index contributed by atoms with van der Waals surface area (Å²) in [7, 11) is 0. The van der Waals surface area contributed by atoms with Crippen molar-refractivity contribution in [2.24, 2.45) is 0 Å². The van der Waals surface area contributed by atoms with Gasteiger partial charge in [-0.2, -0.15) is 0 Å². The minimum Gasteiger partial charge on any atom is -0.377 e. The summed E-state index contributed by atoms with van der Waals surface area (Å²) in [6, 6.07) is 5.06. The molecule has 4 heteroatoms. The minimum atomic E-state index is -0.216. The fraction of sp³-hybridized carbons (Fsp3) is 0.250. The predicted molar refractivity (Wildman–Crippen MR) is 65.3 cm³/mol. The molecule has 16 heavy (non-hydrogen) atoms. The average Bonchev–Trinajstić information content (AvgIpc) is 2.63. The Morgan fingerprint density at radius 3 is 2.81 bits per heavy atom. The van der Waals surface area contributed by atoms with Gasteiger partial charge >= 0.3 is 0 Å². The number of nitrogens with one attached hydrogen (secondary N) is 1. The number of anilines is 1. The highest BCUT2D eigenvalue weighted by atomic mass is 32.1. The van der Waals surface area contributed by atoms with Gasteiger partial charge in [-0.05, 0) is 25.5 Å². The Balaban J connectivity index is 2.10. The van der Waals surface area contributed by atoms with Crippen LogP contribution in [0.1, 0.15) is 16.3 Å². The summed E-state index contributed by atoms with van der Waals surface area (Å²) in [5.41, 5.74) is 2.42. The van der Waals surface area contributed by atoms with Crippen molar-refractivity contribution in [2.45, 2.75) is 20.4 Å². The van der Waals surface area contributed by atoms with Gasteiger partial charge in [-0.1, -0.05) is 12.1 Å². The standard InChI is InChI=1S/C12H13FN2S/c1-8-4-3-5-11(13)12(8)14-6-10-7-16-9(2)15-10/h3-5,7,14H,6H2,1-2H3. The molecule has 0 fully saturated rings. The predicted octanol–water partition coefficient (Wildman–Crippen LogP) is 3.51. The summed E-state index contributed by atoms with van der Waals surface area (Å²) in [5, 5.41) is 6.09. The van der Waals surface area contributed by atoms with Gasteiger partial charge in [-0.15, -0.1) is 11.3 Å². The quantitative estimate of drug-likeness (QED) is 0.882. The van der Waals surface area contributed by atoms with Crippen LogP contribution in [-0.4, -0.2) is 4.98 Å². The minimum absolute atomic E-state index is 0.216. The second-order valence-corrected chi connectivity index (χ2v) is 4.71. The van der Waals surface area contributed by atoms with Gasteiger partial charge in [-0.3, -0.25) is 0 Å². The zero-order valence-corrected chi connectivity index (χ0v) is 10.1. The number of thiazole rings is 1. The van der Waals surface area contributed by atoms with E-state index in [0.717, 1.165) is 16.3 Å². The molecular weight excluding hydrogens is 223 g/mol. The molecule has 84 valence electrons. The molecule has 0 radical (unpaired) electrons. The number of rotatable bonds is 3. The molecule has 2 rings (SSSR count). The van der Waals surface area contributed by atoms with Gasteiger partial charge in [0, 0.05) is 5.38 Å². The van der Waals surface area contributed by atoms with Crippen LogP contribution in [0.4, 0.5) is 10.1 Å². The molecule has 0 saturated carbocycles. The summed E-state index contributed by atoms with van der Waals surface area (Å²) in [6.07, 6.45) is 0. The van der Waals surface area contributed by atoms with Crippen molar-refractivity contribution >= 4 is 17.0 Å². The molecule has 0 spiro atoms. The van der Waals surface area contributed by atoms with E-state index in [0.29, 0.717) is 12.2 Å². The number of halogens is 1. The van der Waals surface area contributed by atoms with Crippen molar-refractivity contribution in [1.29, 1.82) is 0 Å². The van der Waals surface area contributed by atoms with Gasteiger partial charge < -0.3 is 5.32 Å². The molecule has 0 amide bonds. The van der Waals surface area contributed by atoms with Crippen molar-refractivity contribution in [3.8, 4) is 0 Å². The van der Waals surface area contributed by atoms with Gasteiger partial charge in [0.15, 0.2) is 0 Å². The third-order valence-electron chi connectivity index (χ3n) is 2.33. The van der Waals surface area contributed by atoms with Gasteiger partial charge in [-0.25, -0.2) is 9.37 Å². The molecule has 0 aliphatic carbocycles. The Kier molecular flexibility index (Phi) is 3.19. The summed E-state index contributed by atoms with van der Waals surface area (Å²) in [4.78, 5) is 4.32. The second-order valence-electron chi connectivity index (χ2n) is 3.64. The number of benzene rings is 1. The fourth-order valence-electron chi connectivity index (χ4n) is 1.52. The first kappa shape index (κ1) is 11.1. The van der Waals surface area contributed by atoms with Gasteiger partial charge in [0.2, 0.25) is 0 Å². The summed E-state index contributed by atoms with van der Waals surface area (Å²) >= 11 is 1.60. The average molecular weight is 236 g/mol. The van der Waals surface area contributed by atoms with Crippen LogP contribution < -0.4 is 5.32 Å². The fourth-order valence-corrected chi connectivity index (χ4v) is 2.14. The van der Waals surface area contributed by atoms with Crippen LogP contribution in [0.3, 0.4) is 0 Å². The number of aryl methyl sites for hydroxylation is 2. The lowest BCUT2D eigenvalue weighted by Gasteiger charge is -2.08. The molecule has 0 aliphatic heterocycles. The van der Waals surface area contributed by atoms with Crippen LogP contribution in [0.5, 0.6) is 0 Å². The van der Waals surface area contributed by atoms with E-state index in [1.54, 1.807) is 17.4 Å². The van der Waals surface area contributed by atoms with E-state index in [1.807, 2.05) is 25.3 Å². The van der Waals surface area contributed by atoms with Crippen LogP contribution in [0.2, 0.25) is 0 Å². The highest BCUT2D eigenvalue weighted by molar-refractivity contribution is 7.09. The van der Waals surface area contributed by atoms with Crippen LogP contribution in [0.25, 0.3) is 0 Å². The second kappa shape index (κ2) is 4.61. The van der Waals surface area contributed by atoms with E-state index in [-0.39, 0.29) is 5.82 Å². The molecule has 0 unspecified atom stereocenters. The zero-order chi connectivity index (χ0) is 11.5. The van der Waals surface area contributed by atoms with E-state index in [2.05, 4.69) is 10.3 Å². The topological polar surface area (TPSA) is 24.9 Å². The summed E-state index contributed by atoms with van der Waals surface area (Å²) in [6.45, 7) is 4.41. The molecule has 1 heterocycles. The Labute approximate surface area is 98.2 Å². The van der Waals surface area contributed by atoms with Crippen molar-refractivity contribution in [3.63, 3.8) is 0 Å². The Hall–Kier alpha value is -1.42. The zero-order valence-electron chi connectivity index (χ0n) is 9.25. The molecule has 1 N–H and O–H groups in total. The first-order valence-electron chi connectivity index (χ1n) is 5.07. The smallest absolute Gasteiger partial charge is 0.146 e. The van der Waals surface area contributed by atoms with Gasteiger partial charge in [0.25, 0.3) is 0 Å². The highest BCUT2D eigenvalue weighted by Gasteiger charge is 2.05. The maximum Gasteiger partial charge on any atom is 0.146 e. The maximum atomic E-state index is 13.5. The van der Waals surface area contributed by atoms with E-state index < -0.39 is 0 Å². The molecule has 1 aromatic carbocycles. The van der Waals surface area contributed by atoms with Crippen LogP contribution in [0.15, 0.2) is 23.6 Å². The molecule has 0 saturated heterocycles. The molecule has 2 aromatic rings. The van der Waals surface area contributed by atoms with Crippen molar-refractivity contribution < 1.29 is 4.39 Å². The third-order valence-corrected chi connectivity index (χ3v) is 3.16. The first-order valence-corrected chi connectivity index (χ1v) is 5.95. The lowest BCUT2D eigenvalue weighted by atomic mass is 10.2. The van der Waals surface area contributed by atoms with Crippen molar-refractivity contribution in [2.75, 3.05) is 5.32 Å². The molecule has 2 nitrogen and oxygen atoms in total. The monoisotopic (exact) mass is 236 g/mol. The molecule has 1 aromatic heterocycles. The van der Waals surface area contributed by atoms with E-state index >= 15 is 0 Å². The maximum absolute atomic E-state index is 13.5. The first-order chi connectivity index (χ1) is 7.66. The number of aromatic nitrogens is 1. The molecular formula is C12H13FN2S. The number of hydrogen-bond acceptors (Lipinski definition) is 3. The normalized spacial score (nSPS) is 10.4. The van der Waals surface area contributed by atoms with E-state index in [1.165, 1.54) is 6.07 Å². The van der Waals surface area contributed by atoms with E-state index in [9.17, 15) is 4.39 Å². The van der Waals surface area contributed by atoms with Crippen LogP contribution >= 0.6 is 11.3 Å². The summed E-state index contributed by atoms with van der Waals surface area (Å²) in [5.74, 6) is -0.216. The highest BCUT2D eigenvalue weighted by Crippen LogP contribution is 2.19. The molecule has 0 atom stereocenters. The lowest BCUT2D eigenvalue weighted by molar-refractivity contribution is 0.629. The summed E-state index contributed by atoms with van der Waals surface area (Å²) < 4.78 is 13.5. The Morgan fingerprint density at radius 1 is 1.38 bits per heavy atom.